The molecule has 0 saturated carbocycles. The molecule has 0 fully saturated rings. The van der Waals surface area contributed by atoms with E-state index in [1.54, 1.807) is 6.92 Å². The van der Waals surface area contributed by atoms with E-state index in [1.807, 2.05) is 12.2 Å². The number of hydrogen-bond acceptors (Lipinski definition) is 5. The third-order valence-electron chi connectivity index (χ3n) is 5.00. The van der Waals surface area contributed by atoms with Gasteiger partial charge in [-0.2, -0.15) is 0 Å². The van der Waals surface area contributed by atoms with Crippen LogP contribution in [-0.2, 0) is 17.9 Å². The molecule has 0 atom stereocenters. The Morgan fingerprint density at radius 2 is 2.17 bits per heavy atom. The number of pyridine rings is 2. The summed E-state index contributed by atoms with van der Waals surface area (Å²) in [7, 11) is 0. The summed E-state index contributed by atoms with van der Waals surface area (Å²) in [6, 6.07) is 2.98. The average molecular weight is 413 g/mol. The summed E-state index contributed by atoms with van der Waals surface area (Å²) in [4.78, 5) is 29.6. The van der Waals surface area contributed by atoms with Gasteiger partial charge in [0.2, 0.25) is 0 Å². The van der Waals surface area contributed by atoms with Gasteiger partial charge in [-0.3, -0.25) is 9.59 Å². The Bertz CT molecular complexity index is 1270. The number of nitrogens with one attached hydrogen (secondary N) is 1. The maximum atomic E-state index is 13.8. The molecular formula is C21H17F2N3O4. The topological polar surface area (TPSA) is 93.5 Å². The molecule has 9 heteroatoms. The molecular weight excluding hydrogens is 396 g/mol. The van der Waals surface area contributed by atoms with Crippen LogP contribution >= 0.6 is 0 Å². The van der Waals surface area contributed by atoms with Crippen LogP contribution in [0.3, 0.4) is 0 Å². The van der Waals surface area contributed by atoms with Crippen molar-refractivity contribution in [2.45, 2.75) is 20.1 Å². The number of fused-ring (bicyclic) bond motifs is 3. The molecule has 0 unspecified atom stereocenters. The number of nitrogens with zero attached hydrogens (tertiary/aromatic N) is 2. The summed E-state index contributed by atoms with van der Waals surface area (Å²) >= 11 is 0. The second-order valence-corrected chi connectivity index (χ2v) is 6.84. The molecule has 3 aromatic rings. The molecule has 1 amide bonds. The Balaban J connectivity index is 1.78. The quantitative estimate of drug-likeness (QED) is 0.644. The van der Waals surface area contributed by atoms with Crippen LogP contribution < -0.4 is 10.9 Å². The van der Waals surface area contributed by atoms with Crippen LogP contribution in [0.15, 0.2) is 35.3 Å². The van der Waals surface area contributed by atoms with E-state index in [0.717, 1.165) is 11.6 Å². The van der Waals surface area contributed by atoms with Crippen molar-refractivity contribution in [3.05, 3.63) is 80.3 Å². The van der Waals surface area contributed by atoms with Gasteiger partial charge in [-0.05, 0) is 29.7 Å². The van der Waals surface area contributed by atoms with Crippen LogP contribution in [-0.4, -0.2) is 27.4 Å². The molecule has 0 aliphatic carbocycles. The Hall–Kier alpha value is -3.59. The third-order valence-corrected chi connectivity index (χ3v) is 5.00. The van der Waals surface area contributed by atoms with E-state index >= 15 is 0 Å². The van der Waals surface area contributed by atoms with Crippen molar-refractivity contribution in [3.63, 3.8) is 0 Å². The Kier molecular flexibility index (Phi) is 5.04. The first-order valence-electron chi connectivity index (χ1n) is 9.11. The summed E-state index contributed by atoms with van der Waals surface area (Å²) in [6.07, 6.45) is 5.15. The van der Waals surface area contributed by atoms with E-state index in [0.29, 0.717) is 33.9 Å². The molecule has 0 bridgehead atoms. The van der Waals surface area contributed by atoms with Gasteiger partial charge in [0.1, 0.15) is 17.2 Å². The lowest BCUT2D eigenvalue weighted by molar-refractivity contribution is 0.0942. The molecule has 3 heterocycles. The molecule has 1 aliphatic rings. The predicted octanol–water partition coefficient (Wildman–Crippen LogP) is 2.69. The molecule has 30 heavy (non-hydrogen) atoms. The fourth-order valence-electron chi connectivity index (χ4n) is 3.49. The second kappa shape index (κ2) is 7.68. The van der Waals surface area contributed by atoms with Crippen LogP contribution in [0.1, 0.15) is 32.6 Å². The highest BCUT2D eigenvalue weighted by Crippen LogP contribution is 2.27. The van der Waals surface area contributed by atoms with Gasteiger partial charge in [0.25, 0.3) is 11.5 Å². The van der Waals surface area contributed by atoms with Crippen LogP contribution in [0.5, 0.6) is 0 Å². The van der Waals surface area contributed by atoms with Gasteiger partial charge in [-0.1, -0.05) is 18.2 Å². The van der Waals surface area contributed by atoms with Gasteiger partial charge >= 0.3 is 0 Å². The van der Waals surface area contributed by atoms with Crippen molar-refractivity contribution in [3.8, 4) is 0 Å². The zero-order valence-corrected chi connectivity index (χ0v) is 15.9. The third kappa shape index (κ3) is 3.33. The van der Waals surface area contributed by atoms with Crippen molar-refractivity contribution in [2.75, 3.05) is 6.61 Å². The lowest BCUT2D eigenvalue weighted by Gasteiger charge is -2.15. The number of ether oxygens (including phenoxy) is 1. The highest BCUT2D eigenvalue weighted by molar-refractivity contribution is 6.00. The first-order valence-corrected chi connectivity index (χ1v) is 9.11. The zero-order chi connectivity index (χ0) is 21.4. The van der Waals surface area contributed by atoms with Crippen LogP contribution in [0.4, 0.5) is 8.78 Å². The highest BCUT2D eigenvalue weighted by Gasteiger charge is 2.24. The van der Waals surface area contributed by atoms with Crippen molar-refractivity contribution in [2.24, 2.45) is 0 Å². The number of aromatic nitrogens is 2. The fourth-order valence-corrected chi connectivity index (χ4v) is 3.49. The Labute approximate surface area is 169 Å². The van der Waals surface area contributed by atoms with Gasteiger partial charge in [-0.15, -0.1) is 4.73 Å². The zero-order valence-electron chi connectivity index (χ0n) is 15.9. The monoisotopic (exact) mass is 413 g/mol. The predicted molar refractivity (Wildman–Crippen MR) is 104 cm³/mol. The molecule has 2 N–H and O–H groups in total. The van der Waals surface area contributed by atoms with E-state index in [9.17, 15) is 23.6 Å². The van der Waals surface area contributed by atoms with E-state index in [-0.39, 0.29) is 29.9 Å². The van der Waals surface area contributed by atoms with Crippen molar-refractivity contribution >= 4 is 23.0 Å². The molecule has 1 aliphatic heterocycles. The second-order valence-electron chi connectivity index (χ2n) is 6.84. The summed E-state index contributed by atoms with van der Waals surface area (Å²) < 4.78 is 32.7. The number of carbonyl (C=O) groups is 1. The lowest BCUT2D eigenvalue weighted by Crippen LogP contribution is -2.34. The minimum atomic E-state index is -0.949. The average Bonchev–Trinajstić information content (AvgIpc) is 2.96. The number of rotatable bonds is 3. The number of hydrogen-bond donors (Lipinski definition) is 2. The van der Waals surface area contributed by atoms with E-state index in [4.69, 9.17) is 4.74 Å². The van der Waals surface area contributed by atoms with Crippen molar-refractivity contribution in [1.29, 1.82) is 0 Å². The number of benzene rings is 1. The van der Waals surface area contributed by atoms with Crippen LogP contribution in [0, 0.1) is 18.6 Å². The molecule has 154 valence electrons. The van der Waals surface area contributed by atoms with Crippen LogP contribution in [0.2, 0.25) is 0 Å². The molecule has 0 spiro atoms. The smallest absolute Gasteiger partial charge is 0.298 e. The van der Waals surface area contributed by atoms with E-state index < -0.39 is 23.1 Å². The van der Waals surface area contributed by atoms with E-state index in [1.165, 1.54) is 12.3 Å². The number of aryl methyl sites for hydroxylation is 1. The van der Waals surface area contributed by atoms with Gasteiger partial charge in [0.05, 0.1) is 13.2 Å². The molecule has 0 saturated heterocycles. The van der Waals surface area contributed by atoms with Gasteiger partial charge in [0.15, 0.2) is 5.65 Å². The van der Waals surface area contributed by atoms with Crippen molar-refractivity contribution < 1.29 is 23.5 Å². The molecule has 2 aromatic heterocycles. The normalized spacial score (nSPS) is 13.2. The molecule has 1 aromatic carbocycles. The van der Waals surface area contributed by atoms with Crippen LogP contribution in [0.25, 0.3) is 17.1 Å². The first kappa shape index (κ1) is 19.7. The van der Waals surface area contributed by atoms with Crippen molar-refractivity contribution in [1.82, 2.24) is 15.0 Å². The molecule has 4 rings (SSSR count). The van der Waals surface area contributed by atoms with Gasteiger partial charge in [0, 0.05) is 29.8 Å². The Morgan fingerprint density at radius 3 is 2.93 bits per heavy atom. The van der Waals surface area contributed by atoms with E-state index in [2.05, 4.69) is 10.3 Å². The highest BCUT2D eigenvalue weighted by atomic mass is 19.1. The standard InChI is InChI=1S/C21H17F2N3O4/c1-11-17-15-10-30-6-2-3-12(15)8-24-19(17)26(29)21(28)18(11)20(27)25-9-13-4-5-14(22)7-16(13)23/h2-5,7-8,29H,6,9-10H2,1H3,(H,25,27). The Morgan fingerprint density at radius 1 is 1.37 bits per heavy atom. The molecule has 7 nitrogen and oxygen atoms in total. The number of halogens is 2. The minimum absolute atomic E-state index is 0.0104. The summed E-state index contributed by atoms with van der Waals surface area (Å²) in [5.41, 5.74) is 0.582. The van der Waals surface area contributed by atoms with Gasteiger partial charge in [-0.25, -0.2) is 13.8 Å². The maximum Gasteiger partial charge on any atom is 0.298 e. The summed E-state index contributed by atoms with van der Waals surface area (Å²) in [5.74, 6) is -2.35. The number of amides is 1. The summed E-state index contributed by atoms with van der Waals surface area (Å²) in [5, 5.41) is 13.2. The fraction of sp³-hybridized carbons (Fsp3) is 0.190. The molecule has 0 radical (unpaired) electrons. The first-order chi connectivity index (χ1) is 14.4. The largest absolute Gasteiger partial charge is 0.423 e. The minimum Gasteiger partial charge on any atom is -0.423 e. The lowest BCUT2D eigenvalue weighted by atomic mass is 9.99. The SMILES string of the molecule is Cc1c(C(=O)NCc2ccc(F)cc2F)c(=O)n(O)c2ncc3c(c12)COCC=C3. The van der Waals surface area contributed by atoms with Gasteiger partial charge < -0.3 is 15.3 Å². The summed E-state index contributed by atoms with van der Waals surface area (Å²) in [6.45, 7) is 1.92. The number of carbonyl (C=O) groups excluding carboxylic acids is 1. The maximum absolute atomic E-state index is 13.8.